The molecular formula is C12H12ClNO2. The summed E-state index contributed by atoms with van der Waals surface area (Å²) in [5.74, 6) is -0.257. The van der Waals surface area contributed by atoms with Crippen LogP contribution in [0.2, 0.25) is 5.02 Å². The number of aromatic nitrogens is 1. The lowest BCUT2D eigenvalue weighted by molar-refractivity contribution is -0.143. The molecule has 0 aliphatic heterocycles. The normalized spacial score (nSPS) is 12.7. The van der Waals surface area contributed by atoms with Crippen molar-refractivity contribution in [3.8, 4) is 0 Å². The summed E-state index contributed by atoms with van der Waals surface area (Å²) in [6, 6.07) is 7.18. The maximum atomic E-state index is 11.5. The van der Waals surface area contributed by atoms with Crippen LogP contribution >= 0.6 is 11.6 Å². The Balaban J connectivity index is 2.50. The van der Waals surface area contributed by atoms with Gasteiger partial charge < -0.3 is 9.30 Å². The Kier molecular flexibility index (Phi) is 2.88. The molecule has 1 atom stereocenters. The van der Waals surface area contributed by atoms with Gasteiger partial charge in [0.2, 0.25) is 0 Å². The summed E-state index contributed by atoms with van der Waals surface area (Å²) in [6.07, 6.45) is 1.86. The molecule has 1 aromatic heterocycles. The molecule has 1 heterocycles. The van der Waals surface area contributed by atoms with Crippen LogP contribution in [0.4, 0.5) is 0 Å². The molecule has 16 heavy (non-hydrogen) atoms. The van der Waals surface area contributed by atoms with Crippen molar-refractivity contribution in [1.82, 2.24) is 4.57 Å². The summed E-state index contributed by atoms with van der Waals surface area (Å²) in [4.78, 5) is 11.5. The van der Waals surface area contributed by atoms with E-state index in [9.17, 15) is 4.79 Å². The standard InChI is InChI=1S/C12H12ClNO2/c1-8(12(15)16-2)14-6-5-9-7-10(13)3-4-11(9)14/h3-8H,1-2H3. The largest absolute Gasteiger partial charge is 0.467 e. The van der Waals surface area contributed by atoms with Crippen LogP contribution in [0.1, 0.15) is 13.0 Å². The molecule has 2 rings (SSSR count). The summed E-state index contributed by atoms with van der Waals surface area (Å²) < 4.78 is 6.60. The van der Waals surface area contributed by atoms with Crippen molar-refractivity contribution >= 4 is 28.5 Å². The van der Waals surface area contributed by atoms with Crippen molar-refractivity contribution in [2.24, 2.45) is 0 Å². The van der Waals surface area contributed by atoms with E-state index in [4.69, 9.17) is 16.3 Å². The highest BCUT2D eigenvalue weighted by Gasteiger charge is 2.16. The third-order valence-corrected chi connectivity index (χ3v) is 2.88. The van der Waals surface area contributed by atoms with Crippen molar-refractivity contribution in [2.45, 2.75) is 13.0 Å². The van der Waals surface area contributed by atoms with E-state index in [1.54, 1.807) is 6.92 Å². The zero-order valence-corrected chi connectivity index (χ0v) is 9.86. The van der Waals surface area contributed by atoms with Gasteiger partial charge in [-0.3, -0.25) is 0 Å². The molecule has 1 unspecified atom stereocenters. The van der Waals surface area contributed by atoms with Gasteiger partial charge in [0.05, 0.1) is 7.11 Å². The lowest BCUT2D eigenvalue weighted by atomic mass is 10.2. The average molecular weight is 238 g/mol. The first-order chi connectivity index (χ1) is 7.63. The van der Waals surface area contributed by atoms with E-state index in [1.807, 2.05) is 35.0 Å². The number of nitrogens with zero attached hydrogens (tertiary/aromatic N) is 1. The van der Waals surface area contributed by atoms with Gasteiger partial charge in [-0.15, -0.1) is 0 Å². The molecule has 4 heteroatoms. The Morgan fingerprint density at radius 1 is 1.44 bits per heavy atom. The average Bonchev–Trinajstić information content (AvgIpc) is 2.69. The Bertz CT molecular complexity index is 533. The Morgan fingerprint density at radius 3 is 2.88 bits per heavy atom. The molecule has 0 fully saturated rings. The van der Waals surface area contributed by atoms with Gasteiger partial charge in [-0.2, -0.15) is 0 Å². The number of benzene rings is 1. The minimum absolute atomic E-state index is 0.257. The number of rotatable bonds is 2. The maximum Gasteiger partial charge on any atom is 0.328 e. The van der Waals surface area contributed by atoms with Crippen molar-refractivity contribution in [1.29, 1.82) is 0 Å². The van der Waals surface area contributed by atoms with Crippen LogP contribution in [-0.2, 0) is 9.53 Å². The molecule has 84 valence electrons. The van der Waals surface area contributed by atoms with Crippen molar-refractivity contribution in [3.63, 3.8) is 0 Å². The molecule has 0 amide bonds. The summed E-state index contributed by atoms with van der Waals surface area (Å²) in [5.41, 5.74) is 0.974. The molecule has 0 radical (unpaired) electrons. The van der Waals surface area contributed by atoms with Gasteiger partial charge in [0, 0.05) is 22.1 Å². The minimum Gasteiger partial charge on any atom is -0.467 e. The van der Waals surface area contributed by atoms with E-state index in [1.165, 1.54) is 7.11 Å². The second-order valence-corrected chi connectivity index (χ2v) is 4.06. The Labute approximate surface area is 98.6 Å². The molecule has 0 aliphatic carbocycles. The number of hydrogen-bond acceptors (Lipinski definition) is 2. The van der Waals surface area contributed by atoms with Gasteiger partial charge >= 0.3 is 5.97 Å². The van der Waals surface area contributed by atoms with E-state index < -0.39 is 0 Å². The first-order valence-corrected chi connectivity index (χ1v) is 5.35. The van der Waals surface area contributed by atoms with E-state index in [0.717, 1.165) is 10.9 Å². The molecule has 0 saturated carbocycles. The van der Waals surface area contributed by atoms with Crippen LogP contribution in [0.3, 0.4) is 0 Å². The predicted molar refractivity (Wildman–Crippen MR) is 63.7 cm³/mol. The highest BCUT2D eigenvalue weighted by molar-refractivity contribution is 6.31. The third kappa shape index (κ3) is 1.78. The molecule has 0 bridgehead atoms. The fourth-order valence-corrected chi connectivity index (χ4v) is 1.94. The van der Waals surface area contributed by atoms with Crippen LogP contribution in [0.25, 0.3) is 10.9 Å². The first-order valence-electron chi connectivity index (χ1n) is 4.97. The van der Waals surface area contributed by atoms with Gasteiger partial charge in [0.15, 0.2) is 0 Å². The zero-order valence-electron chi connectivity index (χ0n) is 9.11. The highest BCUT2D eigenvalue weighted by atomic mass is 35.5. The summed E-state index contributed by atoms with van der Waals surface area (Å²) in [6.45, 7) is 1.81. The van der Waals surface area contributed by atoms with Crippen LogP contribution in [-0.4, -0.2) is 17.6 Å². The number of carbonyl (C=O) groups excluding carboxylic acids is 1. The predicted octanol–water partition coefficient (Wildman–Crippen LogP) is 3.03. The van der Waals surface area contributed by atoms with E-state index in [2.05, 4.69) is 0 Å². The SMILES string of the molecule is COC(=O)C(C)n1ccc2cc(Cl)ccc21. The van der Waals surface area contributed by atoms with Crippen LogP contribution < -0.4 is 0 Å². The lowest BCUT2D eigenvalue weighted by Gasteiger charge is -2.12. The number of methoxy groups -OCH3 is 1. The number of hydrogen-bond donors (Lipinski definition) is 0. The topological polar surface area (TPSA) is 31.2 Å². The van der Waals surface area contributed by atoms with Gasteiger partial charge in [-0.1, -0.05) is 11.6 Å². The van der Waals surface area contributed by atoms with E-state index in [-0.39, 0.29) is 12.0 Å². The lowest BCUT2D eigenvalue weighted by Crippen LogP contribution is -2.16. The molecule has 0 saturated heterocycles. The van der Waals surface area contributed by atoms with E-state index >= 15 is 0 Å². The van der Waals surface area contributed by atoms with Crippen molar-refractivity contribution < 1.29 is 9.53 Å². The quantitative estimate of drug-likeness (QED) is 0.752. The molecule has 3 nitrogen and oxygen atoms in total. The number of esters is 1. The van der Waals surface area contributed by atoms with Crippen molar-refractivity contribution in [3.05, 3.63) is 35.5 Å². The smallest absolute Gasteiger partial charge is 0.328 e. The first kappa shape index (κ1) is 11.0. The number of fused-ring (bicyclic) bond motifs is 1. The summed E-state index contributed by atoms with van der Waals surface area (Å²) >= 11 is 5.90. The zero-order chi connectivity index (χ0) is 11.7. The summed E-state index contributed by atoms with van der Waals surface area (Å²) in [5, 5.41) is 1.71. The van der Waals surface area contributed by atoms with Gasteiger partial charge in [0.25, 0.3) is 0 Å². The maximum absolute atomic E-state index is 11.5. The van der Waals surface area contributed by atoms with Crippen LogP contribution in [0.15, 0.2) is 30.5 Å². The van der Waals surface area contributed by atoms with Crippen molar-refractivity contribution in [2.75, 3.05) is 7.11 Å². The third-order valence-electron chi connectivity index (χ3n) is 2.64. The molecule has 0 aliphatic rings. The number of carbonyl (C=O) groups is 1. The van der Waals surface area contributed by atoms with Gasteiger partial charge in [-0.25, -0.2) is 4.79 Å². The van der Waals surface area contributed by atoms with Gasteiger partial charge in [-0.05, 0) is 31.2 Å². The molecule has 2 aromatic rings. The summed E-state index contributed by atoms with van der Waals surface area (Å²) in [7, 11) is 1.39. The second kappa shape index (κ2) is 4.18. The number of ether oxygens (including phenoxy) is 1. The molecular weight excluding hydrogens is 226 g/mol. The monoisotopic (exact) mass is 237 g/mol. The Hall–Kier alpha value is -1.48. The molecule has 0 N–H and O–H groups in total. The molecule has 1 aromatic carbocycles. The highest BCUT2D eigenvalue weighted by Crippen LogP contribution is 2.23. The van der Waals surface area contributed by atoms with E-state index in [0.29, 0.717) is 5.02 Å². The fraction of sp³-hybridized carbons (Fsp3) is 0.250. The Morgan fingerprint density at radius 2 is 2.19 bits per heavy atom. The second-order valence-electron chi connectivity index (χ2n) is 3.63. The minimum atomic E-state index is -0.330. The van der Waals surface area contributed by atoms with Crippen LogP contribution in [0.5, 0.6) is 0 Å². The van der Waals surface area contributed by atoms with Crippen LogP contribution in [0, 0.1) is 0 Å². The van der Waals surface area contributed by atoms with Gasteiger partial charge in [0.1, 0.15) is 6.04 Å². The fourth-order valence-electron chi connectivity index (χ4n) is 1.76. The molecule has 0 spiro atoms. The number of halogens is 1.